The van der Waals surface area contributed by atoms with Gasteiger partial charge in [0.1, 0.15) is 5.76 Å². The Morgan fingerprint density at radius 3 is 2.58 bits per heavy atom. The summed E-state index contributed by atoms with van der Waals surface area (Å²) in [5.41, 5.74) is 3.96. The molecule has 0 unspecified atom stereocenters. The van der Waals surface area contributed by atoms with E-state index in [2.05, 4.69) is 10.5 Å². The maximum atomic E-state index is 11.8. The van der Waals surface area contributed by atoms with Crippen molar-refractivity contribution in [3.05, 3.63) is 42.2 Å². The van der Waals surface area contributed by atoms with E-state index in [0.717, 1.165) is 5.69 Å². The molecule has 0 saturated carbocycles. The first-order valence-electron chi connectivity index (χ1n) is 5.87. The Hall–Kier alpha value is -2.43. The number of benzene rings is 1. The highest BCUT2D eigenvalue weighted by Gasteiger charge is 2.33. The molecule has 0 spiro atoms. The number of cyclic esters (lactones) is 1. The summed E-state index contributed by atoms with van der Waals surface area (Å²) in [5, 5.41) is 4.06. The number of ether oxygens (including phenoxy) is 1. The van der Waals surface area contributed by atoms with E-state index in [-0.39, 0.29) is 5.78 Å². The monoisotopic (exact) mass is 258 g/mol. The Balaban J connectivity index is 2.13. The van der Waals surface area contributed by atoms with Crippen molar-refractivity contribution in [1.82, 2.24) is 0 Å². The van der Waals surface area contributed by atoms with Gasteiger partial charge in [0.25, 0.3) is 0 Å². The molecule has 1 aromatic carbocycles. The van der Waals surface area contributed by atoms with Gasteiger partial charge in [0.15, 0.2) is 11.7 Å². The van der Waals surface area contributed by atoms with Gasteiger partial charge < -0.3 is 4.74 Å². The highest BCUT2D eigenvalue weighted by Crippen LogP contribution is 2.16. The first-order chi connectivity index (χ1) is 9.08. The van der Waals surface area contributed by atoms with Crippen LogP contribution in [0.1, 0.15) is 13.8 Å². The standard InChI is InChI=1S/C14H14N2O3/c1-9-8-12(17)13(14(18)19-9)10(2)15-16-11-6-4-3-5-7-11/h3-8,13,16H,1-2H3/b15-10-/t13-/m0/s1. The van der Waals surface area contributed by atoms with Crippen LogP contribution in [0.5, 0.6) is 0 Å². The lowest BCUT2D eigenvalue weighted by molar-refractivity contribution is -0.146. The second kappa shape index (κ2) is 5.48. The van der Waals surface area contributed by atoms with Crippen LogP contribution in [0.2, 0.25) is 0 Å². The lowest BCUT2D eigenvalue weighted by Gasteiger charge is -2.18. The van der Waals surface area contributed by atoms with E-state index >= 15 is 0 Å². The van der Waals surface area contributed by atoms with Crippen molar-refractivity contribution < 1.29 is 14.3 Å². The Kier molecular flexibility index (Phi) is 3.75. The van der Waals surface area contributed by atoms with Crippen molar-refractivity contribution >= 4 is 23.2 Å². The first-order valence-corrected chi connectivity index (χ1v) is 5.87. The van der Waals surface area contributed by atoms with Crippen LogP contribution in [-0.4, -0.2) is 17.5 Å². The molecule has 0 radical (unpaired) electrons. The van der Waals surface area contributed by atoms with Gasteiger partial charge >= 0.3 is 5.97 Å². The van der Waals surface area contributed by atoms with Crippen LogP contribution >= 0.6 is 0 Å². The molecule has 0 bridgehead atoms. The van der Waals surface area contributed by atoms with Gasteiger partial charge in [-0.05, 0) is 26.0 Å². The molecule has 98 valence electrons. The molecule has 1 heterocycles. The van der Waals surface area contributed by atoms with Crippen LogP contribution < -0.4 is 5.43 Å². The number of rotatable bonds is 3. The predicted octanol–water partition coefficient (Wildman–Crippen LogP) is 2.12. The molecule has 0 aromatic heterocycles. The summed E-state index contributed by atoms with van der Waals surface area (Å²) < 4.78 is 4.94. The van der Waals surface area contributed by atoms with Crippen LogP contribution in [0.25, 0.3) is 0 Å². The molecule has 19 heavy (non-hydrogen) atoms. The number of hydrogen-bond acceptors (Lipinski definition) is 5. The molecule has 1 aliphatic rings. The Morgan fingerprint density at radius 2 is 1.95 bits per heavy atom. The van der Waals surface area contributed by atoms with Gasteiger partial charge in [-0.25, -0.2) is 0 Å². The minimum atomic E-state index is -0.958. The fourth-order valence-corrected chi connectivity index (χ4v) is 1.75. The molecule has 0 amide bonds. The van der Waals surface area contributed by atoms with Gasteiger partial charge in [-0.3, -0.25) is 15.0 Å². The maximum Gasteiger partial charge on any atom is 0.327 e. The van der Waals surface area contributed by atoms with E-state index in [4.69, 9.17) is 4.74 Å². The zero-order chi connectivity index (χ0) is 13.8. The molecule has 0 fully saturated rings. The van der Waals surface area contributed by atoms with E-state index < -0.39 is 11.9 Å². The molecule has 5 heteroatoms. The summed E-state index contributed by atoms with van der Waals surface area (Å²) in [6, 6.07) is 9.28. The summed E-state index contributed by atoms with van der Waals surface area (Å²) in [7, 11) is 0. The van der Waals surface area contributed by atoms with Gasteiger partial charge in [0.2, 0.25) is 0 Å². The SMILES string of the molecule is CC1=CC(=O)[C@H](/C(C)=N\Nc2ccccc2)C(=O)O1. The van der Waals surface area contributed by atoms with Crippen LogP contribution in [0.4, 0.5) is 5.69 Å². The Bertz CT molecular complexity index is 561. The zero-order valence-electron chi connectivity index (χ0n) is 10.7. The maximum absolute atomic E-state index is 11.8. The highest BCUT2D eigenvalue weighted by atomic mass is 16.5. The first kappa shape index (κ1) is 13.0. The van der Waals surface area contributed by atoms with Crippen molar-refractivity contribution in [1.29, 1.82) is 0 Å². The predicted molar refractivity (Wildman–Crippen MR) is 71.5 cm³/mol. The van der Waals surface area contributed by atoms with Gasteiger partial charge in [0.05, 0.1) is 11.4 Å². The van der Waals surface area contributed by atoms with E-state index in [1.54, 1.807) is 13.8 Å². The third kappa shape index (κ3) is 3.07. The number of nitrogens with one attached hydrogen (secondary N) is 1. The minimum absolute atomic E-state index is 0.301. The van der Waals surface area contributed by atoms with E-state index in [9.17, 15) is 9.59 Å². The number of carbonyl (C=O) groups is 2. The van der Waals surface area contributed by atoms with Gasteiger partial charge in [-0.1, -0.05) is 18.2 Å². The number of anilines is 1. The quantitative estimate of drug-likeness (QED) is 0.390. The number of hydrogen-bond donors (Lipinski definition) is 1. The number of para-hydroxylation sites is 1. The second-order valence-corrected chi connectivity index (χ2v) is 4.24. The van der Waals surface area contributed by atoms with Crippen molar-refractivity contribution in [2.24, 2.45) is 11.0 Å². The molecule has 2 rings (SSSR count). The van der Waals surface area contributed by atoms with E-state index in [1.807, 2.05) is 30.3 Å². The smallest absolute Gasteiger partial charge is 0.327 e. The second-order valence-electron chi connectivity index (χ2n) is 4.24. The molecule has 0 saturated heterocycles. The number of nitrogens with zero attached hydrogens (tertiary/aromatic N) is 1. The van der Waals surface area contributed by atoms with E-state index in [1.165, 1.54) is 6.08 Å². The average Bonchev–Trinajstić information content (AvgIpc) is 2.36. The van der Waals surface area contributed by atoms with Crippen LogP contribution in [0.3, 0.4) is 0 Å². The zero-order valence-corrected chi connectivity index (χ0v) is 10.7. The van der Waals surface area contributed by atoms with Crippen LogP contribution in [0, 0.1) is 5.92 Å². The highest BCUT2D eigenvalue weighted by molar-refractivity contribution is 6.22. The van der Waals surface area contributed by atoms with Crippen LogP contribution in [-0.2, 0) is 14.3 Å². The summed E-state index contributed by atoms with van der Waals surface area (Å²) in [4.78, 5) is 23.5. The number of carbonyl (C=O) groups excluding carboxylic acids is 2. The largest absolute Gasteiger partial charge is 0.430 e. The summed E-state index contributed by atoms with van der Waals surface area (Å²) >= 11 is 0. The third-order valence-electron chi connectivity index (χ3n) is 2.68. The molecule has 5 nitrogen and oxygen atoms in total. The van der Waals surface area contributed by atoms with Crippen molar-refractivity contribution in [2.45, 2.75) is 13.8 Å². The van der Waals surface area contributed by atoms with Gasteiger partial charge in [0, 0.05) is 6.08 Å². The summed E-state index contributed by atoms with van der Waals surface area (Å²) in [6.07, 6.45) is 1.31. The third-order valence-corrected chi connectivity index (χ3v) is 2.68. The lowest BCUT2D eigenvalue weighted by atomic mass is 9.97. The lowest BCUT2D eigenvalue weighted by Crippen LogP contribution is -2.34. The fourth-order valence-electron chi connectivity index (χ4n) is 1.75. The normalized spacial score (nSPS) is 19.8. The number of hydrazone groups is 1. The number of ketones is 1. The van der Waals surface area contributed by atoms with Crippen molar-refractivity contribution in [3.63, 3.8) is 0 Å². The Morgan fingerprint density at radius 1 is 1.26 bits per heavy atom. The topological polar surface area (TPSA) is 67.8 Å². The molecule has 0 aliphatic carbocycles. The Labute approximate surface area is 111 Å². The summed E-state index contributed by atoms with van der Waals surface area (Å²) in [5.74, 6) is -1.53. The molecule has 1 aliphatic heterocycles. The molecule has 1 atom stereocenters. The average molecular weight is 258 g/mol. The van der Waals surface area contributed by atoms with E-state index in [0.29, 0.717) is 11.5 Å². The van der Waals surface area contributed by atoms with Gasteiger partial charge in [-0.15, -0.1) is 0 Å². The number of esters is 1. The fraction of sp³-hybridized carbons (Fsp3) is 0.214. The van der Waals surface area contributed by atoms with Gasteiger partial charge in [-0.2, -0.15) is 5.10 Å². The summed E-state index contributed by atoms with van der Waals surface area (Å²) in [6.45, 7) is 3.19. The molecular formula is C14H14N2O3. The molecular weight excluding hydrogens is 244 g/mol. The number of allylic oxidation sites excluding steroid dienone is 2. The van der Waals surface area contributed by atoms with Crippen molar-refractivity contribution in [3.8, 4) is 0 Å². The van der Waals surface area contributed by atoms with Crippen LogP contribution in [0.15, 0.2) is 47.3 Å². The van der Waals surface area contributed by atoms with Crippen molar-refractivity contribution in [2.75, 3.05) is 5.43 Å². The molecule has 1 N–H and O–H groups in total. The minimum Gasteiger partial charge on any atom is -0.430 e. The molecule has 1 aromatic rings.